The highest BCUT2D eigenvalue weighted by Crippen LogP contribution is 2.37. The summed E-state index contributed by atoms with van der Waals surface area (Å²) in [7, 11) is 0. The number of hydrogen-bond donors (Lipinski definition) is 0. The first-order chi connectivity index (χ1) is 12.7. The molecule has 1 saturated carbocycles. The maximum Gasteiger partial charge on any atom is 0.224 e. The summed E-state index contributed by atoms with van der Waals surface area (Å²) < 4.78 is 11.9. The molecule has 7 heteroatoms. The van der Waals surface area contributed by atoms with Gasteiger partial charge < -0.3 is 14.4 Å². The second-order valence-electron chi connectivity index (χ2n) is 6.83. The van der Waals surface area contributed by atoms with Gasteiger partial charge in [-0.3, -0.25) is 0 Å². The fourth-order valence-electron chi connectivity index (χ4n) is 3.96. The van der Waals surface area contributed by atoms with Crippen LogP contribution in [0.15, 0.2) is 30.6 Å². The zero-order valence-corrected chi connectivity index (χ0v) is 15.6. The molecule has 1 aliphatic heterocycles. The predicted molar refractivity (Wildman–Crippen MR) is 99.8 cm³/mol. The van der Waals surface area contributed by atoms with Gasteiger partial charge in [0.25, 0.3) is 0 Å². The van der Waals surface area contributed by atoms with E-state index in [1.165, 1.54) is 0 Å². The van der Waals surface area contributed by atoms with Crippen LogP contribution in [0.2, 0.25) is 5.28 Å². The van der Waals surface area contributed by atoms with Gasteiger partial charge >= 0.3 is 0 Å². The molecule has 2 fully saturated rings. The van der Waals surface area contributed by atoms with Gasteiger partial charge in [0.05, 0.1) is 25.4 Å². The van der Waals surface area contributed by atoms with Gasteiger partial charge in [0.2, 0.25) is 11.2 Å². The lowest BCUT2D eigenvalue weighted by molar-refractivity contribution is 0.0229. The van der Waals surface area contributed by atoms with E-state index in [1.54, 1.807) is 6.20 Å². The lowest BCUT2D eigenvalue weighted by atomic mass is 10.1. The number of aromatic nitrogens is 3. The summed E-state index contributed by atoms with van der Waals surface area (Å²) in [5.74, 6) is 2.07. The van der Waals surface area contributed by atoms with E-state index in [0.717, 1.165) is 37.2 Å². The second-order valence-corrected chi connectivity index (χ2v) is 7.17. The van der Waals surface area contributed by atoms with Crippen molar-refractivity contribution in [1.29, 1.82) is 0 Å². The summed E-state index contributed by atoms with van der Waals surface area (Å²) in [4.78, 5) is 15.3. The molecule has 138 valence electrons. The molecule has 2 aliphatic rings. The van der Waals surface area contributed by atoms with E-state index < -0.39 is 0 Å². The van der Waals surface area contributed by atoms with Crippen LogP contribution in [-0.2, 0) is 11.2 Å². The summed E-state index contributed by atoms with van der Waals surface area (Å²) in [6.45, 7) is 4.31. The molecule has 0 N–H and O–H groups in total. The predicted octanol–water partition coefficient (Wildman–Crippen LogP) is 3.15. The first kappa shape index (κ1) is 17.5. The number of rotatable bonds is 5. The van der Waals surface area contributed by atoms with Crippen LogP contribution in [0, 0.1) is 5.92 Å². The average Bonchev–Trinajstić information content (AvgIpc) is 3.10. The van der Waals surface area contributed by atoms with Crippen molar-refractivity contribution in [2.75, 3.05) is 24.7 Å². The van der Waals surface area contributed by atoms with Crippen molar-refractivity contribution in [3.8, 4) is 5.88 Å². The molecule has 4 rings (SSSR count). The van der Waals surface area contributed by atoms with Crippen LogP contribution in [0.25, 0.3) is 0 Å². The van der Waals surface area contributed by atoms with Crippen LogP contribution in [0.1, 0.15) is 25.3 Å². The van der Waals surface area contributed by atoms with Gasteiger partial charge in [-0.2, -0.15) is 0 Å². The number of fused-ring (bicyclic) bond motifs is 1. The van der Waals surface area contributed by atoms with Crippen molar-refractivity contribution >= 4 is 17.4 Å². The molecular formula is C19H23ClN4O2. The molecule has 0 aromatic carbocycles. The number of anilines is 1. The summed E-state index contributed by atoms with van der Waals surface area (Å²) in [5.41, 5.74) is 1.13. The third kappa shape index (κ3) is 3.62. The lowest BCUT2D eigenvalue weighted by Gasteiger charge is -2.39. The molecule has 0 unspecified atom stereocenters. The van der Waals surface area contributed by atoms with Crippen LogP contribution >= 0.6 is 11.6 Å². The number of pyridine rings is 1. The van der Waals surface area contributed by atoms with Crippen molar-refractivity contribution in [3.63, 3.8) is 0 Å². The third-order valence-corrected chi connectivity index (χ3v) is 5.39. The minimum absolute atomic E-state index is 0.208. The van der Waals surface area contributed by atoms with Crippen molar-refractivity contribution in [1.82, 2.24) is 15.0 Å². The Balaban J connectivity index is 1.47. The Morgan fingerprint density at radius 1 is 1.31 bits per heavy atom. The van der Waals surface area contributed by atoms with E-state index in [0.29, 0.717) is 36.3 Å². The molecule has 1 saturated heterocycles. The smallest absolute Gasteiger partial charge is 0.224 e. The van der Waals surface area contributed by atoms with Gasteiger partial charge in [0.15, 0.2) is 0 Å². The molecule has 0 amide bonds. The van der Waals surface area contributed by atoms with Crippen molar-refractivity contribution < 1.29 is 9.47 Å². The van der Waals surface area contributed by atoms with E-state index in [-0.39, 0.29) is 6.10 Å². The van der Waals surface area contributed by atoms with Crippen LogP contribution in [0.5, 0.6) is 5.88 Å². The highest BCUT2D eigenvalue weighted by atomic mass is 35.5. The van der Waals surface area contributed by atoms with E-state index in [2.05, 4.69) is 26.8 Å². The lowest BCUT2D eigenvalue weighted by Crippen LogP contribution is -2.49. The van der Waals surface area contributed by atoms with Gasteiger partial charge in [0, 0.05) is 30.6 Å². The Hall–Kier alpha value is -1.92. The first-order valence-corrected chi connectivity index (χ1v) is 9.56. The summed E-state index contributed by atoms with van der Waals surface area (Å²) in [6, 6.07) is 6.02. The highest BCUT2D eigenvalue weighted by Gasteiger charge is 2.42. The molecule has 3 atom stereocenters. The standard InChI is InChI=1S/C19H23ClN4O2/c1-2-14-11-22-19(20)23-18(14)24-7-8-25-16-10-13(9-15(16)24)12-26-17-5-3-4-6-21-17/h3-6,11,13,15-16H,2,7-10,12H2,1H3/t13-,15-,16+/m0/s1. The van der Waals surface area contributed by atoms with E-state index in [9.17, 15) is 0 Å². The van der Waals surface area contributed by atoms with Gasteiger partial charge in [-0.25, -0.2) is 15.0 Å². The van der Waals surface area contributed by atoms with Crippen molar-refractivity contribution in [3.05, 3.63) is 41.4 Å². The minimum Gasteiger partial charge on any atom is -0.477 e. The monoisotopic (exact) mass is 374 g/mol. The van der Waals surface area contributed by atoms with Gasteiger partial charge in [-0.15, -0.1) is 0 Å². The summed E-state index contributed by atoms with van der Waals surface area (Å²) in [6.07, 6.45) is 6.69. The summed E-state index contributed by atoms with van der Waals surface area (Å²) in [5, 5.41) is 0.299. The molecule has 26 heavy (non-hydrogen) atoms. The molecule has 0 bridgehead atoms. The van der Waals surface area contributed by atoms with Gasteiger partial charge in [0.1, 0.15) is 5.82 Å². The zero-order chi connectivity index (χ0) is 17.9. The molecule has 0 radical (unpaired) electrons. The third-order valence-electron chi connectivity index (χ3n) is 5.20. The normalized spacial score (nSPS) is 25.2. The molecular weight excluding hydrogens is 352 g/mol. The maximum atomic E-state index is 6.08. The molecule has 2 aromatic rings. The number of aryl methyl sites for hydroxylation is 1. The fourth-order valence-corrected chi connectivity index (χ4v) is 4.09. The molecule has 1 aliphatic carbocycles. The molecule has 3 heterocycles. The van der Waals surface area contributed by atoms with Crippen LogP contribution in [0.3, 0.4) is 0 Å². The molecule has 2 aromatic heterocycles. The number of nitrogens with zero attached hydrogens (tertiary/aromatic N) is 4. The van der Waals surface area contributed by atoms with E-state index in [4.69, 9.17) is 21.1 Å². The topological polar surface area (TPSA) is 60.4 Å². The quantitative estimate of drug-likeness (QED) is 0.749. The van der Waals surface area contributed by atoms with Crippen LogP contribution < -0.4 is 9.64 Å². The Kier molecular flexibility index (Phi) is 5.22. The Morgan fingerprint density at radius 2 is 2.23 bits per heavy atom. The SMILES string of the molecule is CCc1cnc(Cl)nc1N1CCO[C@@H]2C[C@@H](COc3ccccn3)C[C@@H]21. The van der Waals surface area contributed by atoms with Crippen LogP contribution in [0.4, 0.5) is 5.82 Å². The number of hydrogen-bond acceptors (Lipinski definition) is 6. The number of morpholine rings is 1. The Labute approximate surface area is 158 Å². The zero-order valence-electron chi connectivity index (χ0n) is 14.8. The highest BCUT2D eigenvalue weighted by molar-refractivity contribution is 6.28. The largest absolute Gasteiger partial charge is 0.477 e. The van der Waals surface area contributed by atoms with Crippen molar-refractivity contribution in [2.45, 2.75) is 38.3 Å². The van der Waals surface area contributed by atoms with Gasteiger partial charge in [-0.1, -0.05) is 13.0 Å². The first-order valence-electron chi connectivity index (χ1n) is 9.18. The number of halogens is 1. The fraction of sp³-hybridized carbons (Fsp3) is 0.526. The van der Waals surface area contributed by atoms with E-state index >= 15 is 0 Å². The van der Waals surface area contributed by atoms with Crippen LogP contribution in [-0.4, -0.2) is 46.9 Å². The summed E-state index contributed by atoms with van der Waals surface area (Å²) >= 11 is 6.08. The van der Waals surface area contributed by atoms with Crippen molar-refractivity contribution in [2.24, 2.45) is 5.92 Å². The molecule has 6 nitrogen and oxygen atoms in total. The van der Waals surface area contributed by atoms with E-state index in [1.807, 2.05) is 24.4 Å². The second kappa shape index (κ2) is 7.76. The maximum absolute atomic E-state index is 6.08. The molecule has 0 spiro atoms. The Bertz CT molecular complexity index is 746. The Morgan fingerprint density at radius 3 is 3.04 bits per heavy atom. The minimum atomic E-state index is 0.208. The average molecular weight is 375 g/mol. The van der Waals surface area contributed by atoms with Gasteiger partial charge in [-0.05, 0) is 42.8 Å². The number of ether oxygens (including phenoxy) is 2.